The second-order valence-corrected chi connectivity index (χ2v) is 13.1. The average molecular weight is 533 g/mol. The van der Waals surface area contributed by atoms with Gasteiger partial charge in [0, 0.05) is 10.8 Å². The van der Waals surface area contributed by atoms with Crippen molar-refractivity contribution in [3.8, 4) is 11.1 Å². The van der Waals surface area contributed by atoms with Crippen LogP contribution in [0.1, 0.15) is 37.5 Å². The van der Waals surface area contributed by atoms with E-state index in [0.29, 0.717) is 0 Å². The topological polar surface area (TPSA) is 21.2 Å². The molecule has 0 radical (unpaired) electrons. The first-order valence-electron chi connectivity index (χ1n) is 14.6. The third kappa shape index (κ3) is 3.32. The maximum absolute atomic E-state index is 4.91. The van der Waals surface area contributed by atoms with Gasteiger partial charge >= 0.3 is 0 Å². The van der Waals surface area contributed by atoms with Gasteiger partial charge in [0.2, 0.25) is 0 Å². The Labute approximate surface area is 240 Å². The van der Waals surface area contributed by atoms with Gasteiger partial charge in [0.1, 0.15) is 5.52 Å². The van der Waals surface area contributed by atoms with Crippen LogP contribution in [0.5, 0.6) is 0 Å². The van der Waals surface area contributed by atoms with Crippen LogP contribution in [-0.2, 0) is 13.5 Å². The van der Waals surface area contributed by atoms with Crippen molar-refractivity contribution in [2.45, 2.75) is 41.0 Å². The van der Waals surface area contributed by atoms with Crippen LogP contribution in [0, 0.1) is 19.3 Å². The molecule has 0 atom stereocenters. The lowest BCUT2D eigenvalue weighted by atomic mass is 9.86. The molecule has 5 aromatic carbocycles. The fourth-order valence-corrected chi connectivity index (χ4v) is 7.41. The van der Waals surface area contributed by atoms with Gasteiger partial charge in [-0.15, -0.1) is 0 Å². The van der Waals surface area contributed by atoms with E-state index in [0.717, 1.165) is 11.9 Å². The summed E-state index contributed by atoms with van der Waals surface area (Å²) in [6, 6.07) is 29.2. The molecule has 8 aromatic rings. The number of benzene rings is 5. The minimum absolute atomic E-state index is 0.236. The number of rotatable bonds is 2. The van der Waals surface area contributed by atoms with Crippen molar-refractivity contribution in [2.75, 3.05) is 0 Å². The van der Waals surface area contributed by atoms with Crippen LogP contribution in [0.3, 0.4) is 0 Å². The summed E-state index contributed by atoms with van der Waals surface area (Å²) in [5.41, 5.74) is 12.9. The fraction of sp³-hybridized carbons (Fsp3) is 0.211. The average Bonchev–Trinajstić information content (AvgIpc) is 3.30. The van der Waals surface area contributed by atoms with Gasteiger partial charge in [-0.25, -0.2) is 4.57 Å². The Bertz CT molecular complexity index is 2330. The molecular formula is C38H34N3+. The molecule has 0 saturated carbocycles. The van der Waals surface area contributed by atoms with E-state index in [4.69, 9.17) is 4.98 Å². The van der Waals surface area contributed by atoms with E-state index in [1.807, 2.05) is 6.33 Å². The smallest absolute Gasteiger partial charge is 0.287 e. The van der Waals surface area contributed by atoms with Gasteiger partial charge in [0.05, 0.1) is 34.4 Å². The first kappa shape index (κ1) is 24.3. The molecule has 3 nitrogen and oxygen atoms in total. The number of hydrogen-bond acceptors (Lipinski definition) is 1. The Morgan fingerprint density at radius 2 is 1.51 bits per heavy atom. The summed E-state index contributed by atoms with van der Waals surface area (Å²) in [6.45, 7) is 11.6. The Kier molecular flexibility index (Phi) is 4.90. The predicted octanol–water partition coefficient (Wildman–Crippen LogP) is 9.24. The van der Waals surface area contributed by atoms with Crippen LogP contribution < -0.4 is 4.57 Å². The van der Waals surface area contributed by atoms with Gasteiger partial charge in [0.25, 0.3) is 6.33 Å². The first-order valence-corrected chi connectivity index (χ1v) is 14.6. The molecule has 0 spiro atoms. The minimum Gasteiger partial charge on any atom is -0.307 e. The Morgan fingerprint density at radius 1 is 0.732 bits per heavy atom. The lowest BCUT2D eigenvalue weighted by molar-refractivity contribution is -0.646. The summed E-state index contributed by atoms with van der Waals surface area (Å²) in [5, 5.41) is 7.83. The molecule has 3 aromatic heterocycles. The van der Waals surface area contributed by atoms with Crippen molar-refractivity contribution in [1.29, 1.82) is 0 Å². The fourth-order valence-electron chi connectivity index (χ4n) is 7.41. The molecule has 0 N–H and O–H groups in total. The molecule has 8 rings (SSSR count). The molecule has 0 aliphatic rings. The summed E-state index contributed by atoms with van der Waals surface area (Å²) < 4.78 is 4.78. The predicted molar refractivity (Wildman–Crippen MR) is 173 cm³/mol. The van der Waals surface area contributed by atoms with Crippen molar-refractivity contribution < 1.29 is 4.57 Å². The van der Waals surface area contributed by atoms with E-state index in [1.165, 1.54) is 82.2 Å². The molecule has 0 aliphatic heterocycles. The number of aromatic nitrogens is 3. The quantitative estimate of drug-likeness (QED) is 0.123. The lowest BCUT2D eigenvalue weighted by Crippen LogP contribution is -2.30. The highest BCUT2D eigenvalue weighted by molar-refractivity contribution is 6.30. The summed E-state index contributed by atoms with van der Waals surface area (Å²) >= 11 is 0. The Balaban J connectivity index is 1.65. The zero-order valence-electron chi connectivity index (χ0n) is 24.6. The summed E-state index contributed by atoms with van der Waals surface area (Å²) in [7, 11) is 2.15. The normalized spacial score (nSPS) is 12.7. The summed E-state index contributed by atoms with van der Waals surface area (Å²) in [6.07, 6.45) is 3.04. The van der Waals surface area contributed by atoms with Gasteiger partial charge in [-0.2, -0.15) is 0 Å². The van der Waals surface area contributed by atoms with Crippen LogP contribution in [0.2, 0.25) is 0 Å². The molecule has 200 valence electrons. The number of hydrogen-bond donors (Lipinski definition) is 0. The van der Waals surface area contributed by atoms with Crippen LogP contribution >= 0.6 is 0 Å². The lowest BCUT2D eigenvalue weighted by Gasteiger charge is -2.20. The maximum Gasteiger partial charge on any atom is 0.287 e. The van der Waals surface area contributed by atoms with Gasteiger partial charge in [-0.05, 0) is 87.5 Å². The zero-order valence-corrected chi connectivity index (χ0v) is 24.6. The van der Waals surface area contributed by atoms with E-state index in [2.05, 4.69) is 129 Å². The number of fused-ring (bicyclic) bond motifs is 7. The standard InChI is InChI=1S/C38H34N3/c1-22-29-19-24(20-38(3,4)5)15-16-26(29)23(2)35-32(22)37-34-30(39-21-40(37)6)18-17-28-33-27(25-11-8-7-9-12-25)13-10-14-31(33)41(35)36(28)34/h7-19,21H,20H2,1-6H3/q+1. The first-order chi connectivity index (χ1) is 19.7. The zero-order chi connectivity index (χ0) is 28.2. The van der Waals surface area contributed by atoms with E-state index in [9.17, 15) is 0 Å². The summed E-state index contributed by atoms with van der Waals surface area (Å²) in [5.74, 6) is 0. The maximum atomic E-state index is 4.91. The van der Waals surface area contributed by atoms with Crippen molar-refractivity contribution in [2.24, 2.45) is 12.5 Å². The van der Waals surface area contributed by atoms with Gasteiger partial charge in [-0.3, -0.25) is 0 Å². The van der Waals surface area contributed by atoms with Crippen LogP contribution in [0.15, 0.2) is 85.2 Å². The number of pyridine rings is 1. The van der Waals surface area contributed by atoms with Crippen LogP contribution in [0.4, 0.5) is 0 Å². The summed E-state index contributed by atoms with van der Waals surface area (Å²) in [4.78, 5) is 4.91. The molecule has 0 fully saturated rings. The van der Waals surface area contributed by atoms with Crippen molar-refractivity contribution >= 4 is 59.9 Å². The molecule has 41 heavy (non-hydrogen) atoms. The molecule has 0 bridgehead atoms. The highest BCUT2D eigenvalue weighted by Crippen LogP contribution is 2.45. The van der Waals surface area contributed by atoms with E-state index in [-0.39, 0.29) is 5.41 Å². The van der Waals surface area contributed by atoms with E-state index < -0.39 is 0 Å². The Hall–Kier alpha value is -4.50. The molecule has 3 heteroatoms. The molecule has 0 saturated heterocycles. The van der Waals surface area contributed by atoms with Gasteiger partial charge in [-0.1, -0.05) is 81.4 Å². The van der Waals surface area contributed by atoms with Crippen LogP contribution in [-0.4, -0.2) is 9.38 Å². The second kappa shape index (κ2) is 8.27. The highest BCUT2D eigenvalue weighted by atomic mass is 15.0. The van der Waals surface area contributed by atoms with Gasteiger partial charge in [0.15, 0.2) is 5.52 Å². The van der Waals surface area contributed by atoms with Crippen molar-refractivity contribution in [3.05, 3.63) is 102 Å². The van der Waals surface area contributed by atoms with Gasteiger partial charge < -0.3 is 4.40 Å². The molecular weight excluding hydrogens is 498 g/mol. The van der Waals surface area contributed by atoms with Crippen molar-refractivity contribution in [3.63, 3.8) is 0 Å². The number of nitrogens with zero attached hydrogens (tertiary/aromatic N) is 3. The minimum atomic E-state index is 0.236. The van der Waals surface area contributed by atoms with Crippen molar-refractivity contribution in [1.82, 2.24) is 9.38 Å². The third-order valence-corrected chi connectivity index (χ3v) is 9.03. The number of aryl methyl sites for hydroxylation is 3. The largest absolute Gasteiger partial charge is 0.307 e. The monoisotopic (exact) mass is 532 g/mol. The van der Waals surface area contributed by atoms with E-state index in [1.54, 1.807) is 0 Å². The molecule has 0 amide bonds. The molecule has 3 heterocycles. The second-order valence-electron chi connectivity index (χ2n) is 13.1. The SMILES string of the molecule is Cc1c2cc(CC(C)(C)C)ccc2c(C)c2c1c1c3c(ccc4c5c(-c6ccccc6)cccc5n2c43)nc[n+]1C. The molecule has 0 aliphatic carbocycles. The van der Waals surface area contributed by atoms with Crippen LogP contribution in [0.25, 0.3) is 71.0 Å². The Morgan fingerprint density at radius 3 is 2.29 bits per heavy atom. The molecule has 0 unspecified atom stereocenters. The highest BCUT2D eigenvalue weighted by Gasteiger charge is 2.27. The third-order valence-electron chi connectivity index (χ3n) is 9.03. The van der Waals surface area contributed by atoms with E-state index >= 15 is 0 Å².